The van der Waals surface area contributed by atoms with Gasteiger partial charge in [-0.2, -0.15) is 4.31 Å². The quantitative estimate of drug-likeness (QED) is 0.616. The van der Waals surface area contributed by atoms with Crippen molar-refractivity contribution < 1.29 is 22.7 Å². The Morgan fingerprint density at radius 3 is 2.27 bits per heavy atom. The number of sulfonamides is 1. The zero-order chi connectivity index (χ0) is 21.6. The lowest BCUT2D eigenvalue weighted by atomic mass is 10.2. The highest BCUT2D eigenvalue weighted by Crippen LogP contribution is 2.22. The van der Waals surface area contributed by atoms with Gasteiger partial charge in [0.1, 0.15) is 18.1 Å². The van der Waals surface area contributed by atoms with Crippen molar-refractivity contribution in [3.63, 3.8) is 0 Å². The number of carbonyl (C=O) groups is 1. The molecule has 1 fully saturated rings. The van der Waals surface area contributed by atoms with Gasteiger partial charge in [0.15, 0.2) is 6.10 Å². The fourth-order valence-corrected chi connectivity index (χ4v) is 4.66. The van der Waals surface area contributed by atoms with E-state index in [1.165, 1.54) is 4.31 Å². The Balaban J connectivity index is 1.41. The molecular weight excluding hydrogens is 404 g/mol. The molecule has 1 aliphatic heterocycles. The van der Waals surface area contributed by atoms with E-state index in [1.54, 1.807) is 31.2 Å². The van der Waals surface area contributed by atoms with Crippen LogP contribution in [0, 0.1) is 6.92 Å². The molecule has 30 heavy (non-hydrogen) atoms. The minimum Gasteiger partial charge on any atom is -0.492 e. The first-order chi connectivity index (χ1) is 14.4. The molecule has 0 aliphatic carbocycles. The second-order valence-electron chi connectivity index (χ2n) is 7.30. The van der Waals surface area contributed by atoms with Gasteiger partial charge in [0, 0.05) is 13.1 Å². The van der Waals surface area contributed by atoms with Crippen LogP contribution in [0.4, 0.5) is 0 Å². The van der Waals surface area contributed by atoms with E-state index < -0.39 is 16.1 Å². The van der Waals surface area contributed by atoms with Crippen molar-refractivity contribution in [3.05, 3.63) is 54.1 Å². The molecular formula is C22H28N2O5S. The predicted molar refractivity (Wildman–Crippen MR) is 114 cm³/mol. The summed E-state index contributed by atoms with van der Waals surface area (Å²) in [5.74, 6) is 0.961. The maximum absolute atomic E-state index is 12.5. The first-order valence-corrected chi connectivity index (χ1v) is 11.5. The van der Waals surface area contributed by atoms with E-state index in [0.29, 0.717) is 31.1 Å². The Hall–Kier alpha value is -2.58. The summed E-state index contributed by atoms with van der Waals surface area (Å²) in [5, 5.41) is 2.77. The molecule has 0 radical (unpaired) electrons. The SMILES string of the molecule is Cc1ccc(O[C@@H](C)C(=O)NCCOc2ccc(S(=O)(=O)N3CCCC3)cc2)cc1. The third-order valence-electron chi connectivity index (χ3n) is 4.90. The first-order valence-electron chi connectivity index (χ1n) is 10.1. The van der Waals surface area contributed by atoms with Crippen LogP contribution in [0.2, 0.25) is 0 Å². The van der Waals surface area contributed by atoms with Crippen LogP contribution in [0.1, 0.15) is 25.3 Å². The normalized spacial score (nSPS) is 15.5. The number of hydrogen-bond acceptors (Lipinski definition) is 5. The second kappa shape index (κ2) is 9.95. The van der Waals surface area contributed by atoms with Crippen LogP contribution < -0.4 is 14.8 Å². The summed E-state index contributed by atoms with van der Waals surface area (Å²) in [6, 6.07) is 13.9. The van der Waals surface area contributed by atoms with Crippen molar-refractivity contribution >= 4 is 15.9 Å². The average Bonchev–Trinajstić information content (AvgIpc) is 3.29. The van der Waals surface area contributed by atoms with Gasteiger partial charge in [0.25, 0.3) is 5.91 Å². The van der Waals surface area contributed by atoms with Crippen LogP contribution in [0.5, 0.6) is 11.5 Å². The summed E-state index contributed by atoms with van der Waals surface area (Å²) < 4.78 is 37.8. The lowest BCUT2D eigenvalue weighted by Crippen LogP contribution is -2.38. The standard InChI is InChI=1S/C22H28N2O5S/c1-17-5-7-20(8-6-17)29-18(2)22(25)23-13-16-28-19-9-11-21(12-10-19)30(26,27)24-14-3-4-15-24/h5-12,18H,3-4,13-16H2,1-2H3,(H,23,25)/t18-/m0/s1. The fourth-order valence-electron chi connectivity index (χ4n) is 3.15. The van der Waals surface area contributed by atoms with Gasteiger partial charge in [-0.1, -0.05) is 17.7 Å². The topological polar surface area (TPSA) is 84.9 Å². The molecule has 0 saturated carbocycles. The number of rotatable bonds is 9. The van der Waals surface area contributed by atoms with Crippen LogP contribution in [0.25, 0.3) is 0 Å². The molecule has 7 nitrogen and oxygen atoms in total. The van der Waals surface area contributed by atoms with E-state index in [9.17, 15) is 13.2 Å². The number of hydrogen-bond donors (Lipinski definition) is 1. The van der Waals surface area contributed by atoms with E-state index >= 15 is 0 Å². The molecule has 0 aromatic heterocycles. The molecule has 0 unspecified atom stereocenters. The molecule has 1 amide bonds. The Morgan fingerprint density at radius 2 is 1.63 bits per heavy atom. The summed E-state index contributed by atoms with van der Waals surface area (Å²) in [6.07, 6.45) is 1.18. The van der Waals surface area contributed by atoms with Gasteiger partial charge >= 0.3 is 0 Å². The Kier molecular flexibility index (Phi) is 7.33. The van der Waals surface area contributed by atoms with E-state index in [-0.39, 0.29) is 17.4 Å². The summed E-state index contributed by atoms with van der Waals surface area (Å²) in [7, 11) is -3.42. The third kappa shape index (κ3) is 5.73. The van der Waals surface area contributed by atoms with Crippen molar-refractivity contribution in [2.45, 2.75) is 37.7 Å². The van der Waals surface area contributed by atoms with Gasteiger partial charge in [0.2, 0.25) is 10.0 Å². The van der Waals surface area contributed by atoms with Crippen molar-refractivity contribution in [1.29, 1.82) is 0 Å². The molecule has 1 N–H and O–H groups in total. The van der Waals surface area contributed by atoms with Gasteiger partial charge in [0.05, 0.1) is 11.4 Å². The van der Waals surface area contributed by atoms with E-state index in [2.05, 4.69) is 5.32 Å². The minimum atomic E-state index is -3.42. The van der Waals surface area contributed by atoms with Crippen molar-refractivity contribution in [3.8, 4) is 11.5 Å². The van der Waals surface area contributed by atoms with Crippen molar-refractivity contribution in [2.24, 2.45) is 0 Å². The number of amides is 1. The number of nitrogens with zero attached hydrogens (tertiary/aromatic N) is 1. The molecule has 1 heterocycles. The minimum absolute atomic E-state index is 0.230. The van der Waals surface area contributed by atoms with Gasteiger partial charge in [-0.3, -0.25) is 4.79 Å². The first kappa shape index (κ1) is 22.1. The number of carbonyl (C=O) groups excluding carboxylic acids is 1. The molecule has 1 aliphatic rings. The zero-order valence-electron chi connectivity index (χ0n) is 17.3. The second-order valence-corrected chi connectivity index (χ2v) is 9.23. The fraction of sp³-hybridized carbons (Fsp3) is 0.409. The lowest BCUT2D eigenvalue weighted by Gasteiger charge is -2.16. The molecule has 8 heteroatoms. The van der Waals surface area contributed by atoms with Gasteiger partial charge in [-0.25, -0.2) is 8.42 Å². The van der Waals surface area contributed by atoms with Crippen LogP contribution in [0.3, 0.4) is 0 Å². The molecule has 2 aromatic carbocycles. The van der Waals surface area contributed by atoms with E-state index in [1.807, 2.05) is 31.2 Å². The zero-order valence-corrected chi connectivity index (χ0v) is 18.2. The number of ether oxygens (including phenoxy) is 2. The van der Waals surface area contributed by atoms with E-state index in [0.717, 1.165) is 18.4 Å². The van der Waals surface area contributed by atoms with Crippen LogP contribution in [0.15, 0.2) is 53.4 Å². The number of benzene rings is 2. The highest BCUT2D eigenvalue weighted by molar-refractivity contribution is 7.89. The van der Waals surface area contributed by atoms with Crippen LogP contribution in [-0.2, 0) is 14.8 Å². The largest absolute Gasteiger partial charge is 0.492 e. The third-order valence-corrected chi connectivity index (χ3v) is 6.81. The molecule has 1 atom stereocenters. The maximum Gasteiger partial charge on any atom is 0.260 e. The predicted octanol–water partition coefficient (Wildman–Crippen LogP) is 2.74. The summed E-state index contributed by atoms with van der Waals surface area (Å²) in [4.78, 5) is 12.4. The highest BCUT2D eigenvalue weighted by atomic mass is 32.2. The molecule has 1 saturated heterocycles. The molecule has 2 aromatic rings. The van der Waals surface area contributed by atoms with Gasteiger partial charge in [-0.05, 0) is 63.1 Å². The molecule has 0 spiro atoms. The van der Waals surface area contributed by atoms with Crippen molar-refractivity contribution in [2.75, 3.05) is 26.2 Å². The maximum atomic E-state index is 12.5. The lowest BCUT2D eigenvalue weighted by molar-refractivity contribution is -0.127. The smallest absolute Gasteiger partial charge is 0.260 e. The van der Waals surface area contributed by atoms with Gasteiger partial charge < -0.3 is 14.8 Å². The Labute approximate surface area is 178 Å². The molecule has 0 bridgehead atoms. The van der Waals surface area contributed by atoms with Crippen molar-refractivity contribution in [1.82, 2.24) is 9.62 Å². The monoisotopic (exact) mass is 432 g/mol. The highest BCUT2D eigenvalue weighted by Gasteiger charge is 2.26. The van der Waals surface area contributed by atoms with Crippen LogP contribution in [-0.4, -0.2) is 51.0 Å². The summed E-state index contributed by atoms with van der Waals surface area (Å²) in [5.41, 5.74) is 1.12. The summed E-state index contributed by atoms with van der Waals surface area (Å²) >= 11 is 0. The number of aryl methyl sites for hydroxylation is 1. The Morgan fingerprint density at radius 1 is 1.03 bits per heavy atom. The van der Waals surface area contributed by atoms with Crippen LogP contribution >= 0.6 is 0 Å². The Bertz CT molecular complexity index is 936. The van der Waals surface area contributed by atoms with Gasteiger partial charge in [-0.15, -0.1) is 0 Å². The number of nitrogens with one attached hydrogen (secondary N) is 1. The van der Waals surface area contributed by atoms with E-state index in [4.69, 9.17) is 9.47 Å². The average molecular weight is 433 g/mol. The summed E-state index contributed by atoms with van der Waals surface area (Å²) in [6.45, 7) is 5.41. The molecule has 162 valence electrons. The molecule has 3 rings (SSSR count).